The molecular weight excluding hydrogens is 442 g/mol. The highest BCUT2D eigenvalue weighted by Crippen LogP contribution is 2.30. The van der Waals surface area contributed by atoms with Crippen molar-refractivity contribution in [1.82, 2.24) is 5.43 Å². The van der Waals surface area contributed by atoms with Crippen LogP contribution in [0.25, 0.3) is 10.4 Å². The van der Waals surface area contributed by atoms with E-state index < -0.39 is 0 Å². The van der Waals surface area contributed by atoms with Gasteiger partial charge in [-0.25, -0.2) is 5.43 Å². The molecule has 1 aliphatic carbocycles. The van der Waals surface area contributed by atoms with Crippen molar-refractivity contribution in [2.45, 2.75) is 39.0 Å². The van der Waals surface area contributed by atoms with Gasteiger partial charge in [0.25, 0.3) is 0 Å². The number of hydrogen-bond donors (Lipinski definition) is 2. The van der Waals surface area contributed by atoms with Crippen molar-refractivity contribution in [1.29, 1.82) is 0 Å². The monoisotopic (exact) mass is 469 g/mol. The van der Waals surface area contributed by atoms with Crippen LogP contribution in [-0.4, -0.2) is 17.4 Å². The first-order valence-electron chi connectivity index (χ1n) is 11.7. The lowest BCUT2D eigenvalue weighted by molar-refractivity contribution is -0.122. The molecule has 2 N–H and O–H groups in total. The van der Waals surface area contributed by atoms with Crippen LogP contribution >= 0.6 is 11.3 Å². The summed E-state index contributed by atoms with van der Waals surface area (Å²) in [4.78, 5) is 25.7. The molecule has 0 radical (unpaired) electrons. The number of ketones is 1. The summed E-state index contributed by atoms with van der Waals surface area (Å²) < 4.78 is 0. The quantitative estimate of drug-likeness (QED) is 0.470. The number of rotatable bonds is 6. The van der Waals surface area contributed by atoms with E-state index in [9.17, 15) is 9.59 Å². The molecule has 2 aliphatic rings. The Morgan fingerprint density at radius 3 is 2.65 bits per heavy atom. The number of carbonyl (C=O) groups excluding carboxylic acids is 2. The maximum atomic E-state index is 12.9. The van der Waals surface area contributed by atoms with Crippen molar-refractivity contribution in [2.75, 3.05) is 5.32 Å². The highest BCUT2D eigenvalue weighted by atomic mass is 32.1. The Balaban J connectivity index is 1.37. The van der Waals surface area contributed by atoms with E-state index in [4.69, 9.17) is 0 Å². The maximum absolute atomic E-state index is 12.9. The summed E-state index contributed by atoms with van der Waals surface area (Å²) in [5.41, 5.74) is 9.66. The van der Waals surface area contributed by atoms with Gasteiger partial charge in [0.15, 0.2) is 5.78 Å². The van der Waals surface area contributed by atoms with Gasteiger partial charge in [0, 0.05) is 47.0 Å². The molecule has 0 bridgehead atoms. The average Bonchev–Trinajstić information content (AvgIpc) is 3.38. The number of carbonyl (C=O) groups is 2. The third-order valence-corrected chi connectivity index (χ3v) is 7.30. The fourth-order valence-electron chi connectivity index (χ4n) is 4.62. The molecule has 1 aliphatic heterocycles. The summed E-state index contributed by atoms with van der Waals surface area (Å²) in [5.74, 6) is 0.271. The Kier molecular flexibility index (Phi) is 6.41. The maximum Gasteiger partial charge on any atom is 0.240 e. The van der Waals surface area contributed by atoms with E-state index in [-0.39, 0.29) is 17.6 Å². The van der Waals surface area contributed by atoms with Crippen LogP contribution in [0.15, 0.2) is 82.4 Å². The Morgan fingerprint density at radius 2 is 1.88 bits per heavy atom. The molecule has 1 aromatic heterocycles. The van der Waals surface area contributed by atoms with Gasteiger partial charge >= 0.3 is 0 Å². The lowest BCUT2D eigenvalue weighted by Crippen LogP contribution is -2.31. The van der Waals surface area contributed by atoms with Crippen molar-refractivity contribution in [3.63, 3.8) is 0 Å². The number of Topliss-reactive ketones (excluding diaryl/α,β-unsaturated/α-hetero) is 1. The normalized spacial score (nSPS) is 18.5. The van der Waals surface area contributed by atoms with E-state index in [1.165, 1.54) is 10.4 Å². The summed E-state index contributed by atoms with van der Waals surface area (Å²) >= 11 is 1.72. The average molecular weight is 470 g/mol. The second-order valence-corrected chi connectivity index (χ2v) is 9.88. The second-order valence-electron chi connectivity index (χ2n) is 8.93. The van der Waals surface area contributed by atoms with Crippen molar-refractivity contribution < 1.29 is 9.59 Å². The Hall–Kier alpha value is -3.51. The number of hydrogen-bond acceptors (Lipinski definition) is 5. The smallest absolute Gasteiger partial charge is 0.240 e. The molecule has 0 fully saturated rings. The minimum absolute atomic E-state index is 0.0445. The van der Waals surface area contributed by atoms with Gasteiger partial charge in [0.1, 0.15) is 0 Å². The summed E-state index contributed by atoms with van der Waals surface area (Å²) in [6, 6.07) is 20.7. The molecule has 0 saturated heterocycles. The van der Waals surface area contributed by atoms with E-state index >= 15 is 0 Å². The highest BCUT2D eigenvalue weighted by molar-refractivity contribution is 7.13. The number of benzene rings is 2. The van der Waals surface area contributed by atoms with Crippen LogP contribution in [0.5, 0.6) is 0 Å². The van der Waals surface area contributed by atoms with Crippen LogP contribution in [0.2, 0.25) is 0 Å². The fraction of sp³-hybridized carbons (Fsp3) is 0.250. The molecule has 5 nitrogen and oxygen atoms in total. The van der Waals surface area contributed by atoms with Crippen LogP contribution < -0.4 is 10.7 Å². The fourth-order valence-corrected chi connectivity index (χ4v) is 5.35. The zero-order valence-corrected chi connectivity index (χ0v) is 20.0. The number of nitrogens with zero attached hydrogens (tertiary/aromatic N) is 1. The first-order chi connectivity index (χ1) is 16.6. The lowest BCUT2D eigenvalue weighted by atomic mass is 9.89. The Bertz CT molecular complexity index is 1270. The molecule has 1 atom stereocenters. The molecule has 1 unspecified atom stereocenters. The number of anilines is 1. The summed E-state index contributed by atoms with van der Waals surface area (Å²) in [6.07, 6.45) is 3.42. The van der Waals surface area contributed by atoms with Crippen molar-refractivity contribution >= 4 is 34.4 Å². The SMILES string of the molecule is CC1CC(=O)NN=C1c1ccc(NC2=C(Cc3cccc(-c4cccs4)c3)C(=O)CCC2)cc1. The minimum atomic E-state index is -0.0445. The zero-order chi connectivity index (χ0) is 23.5. The third kappa shape index (κ3) is 4.87. The minimum Gasteiger partial charge on any atom is -0.359 e. The van der Waals surface area contributed by atoms with Crippen LogP contribution in [0, 0.1) is 5.92 Å². The number of thiophene rings is 1. The highest BCUT2D eigenvalue weighted by Gasteiger charge is 2.23. The van der Waals surface area contributed by atoms with Crippen molar-refractivity contribution in [3.8, 4) is 10.4 Å². The molecule has 172 valence electrons. The Morgan fingerprint density at radius 1 is 1.03 bits per heavy atom. The lowest BCUT2D eigenvalue weighted by Gasteiger charge is -2.22. The molecule has 0 saturated carbocycles. The number of allylic oxidation sites excluding steroid dienone is 2. The number of hydrazone groups is 1. The summed E-state index contributed by atoms with van der Waals surface area (Å²) in [5, 5.41) is 9.85. The van der Waals surface area contributed by atoms with Gasteiger partial charge in [0.2, 0.25) is 5.91 Å². The molecule has 3 aromatic rings. The molecule has 0 spiro atoms. The van der Waals surface area contributed by atoms with E-state index in [0.717, 1.165) is 46.6 Å². The van der Waals surface area contributed by atoms with Crippen LogP contribution in [-0.2, 0) is 16.0 Å². The van der Waals surface area contributed by atoms with Crippen molar-refractivity contribution in [3.05, 3.63) is 88.4 Å². The van der Waals surface area contributed by atoms with Gasteiger partial charge < -0.3 is 5.32 Å². The molecule has 1 amide bonds. The third-order valence-electron chi connectivity index (χ3n) is 6.38. The van der Waals surface area contributed by atoms with Crippen molar-refractivity contribution in [2.24, 2.45) is 11.0 Å². The molecule has 6 heteroatoms. The summed E-state index contributed by atoms with van der Waals surface area (Å²) in [6.45, 7) is 2.02. The summed E-state index contributed by atoms with van der Waals surface area (Å²) in [7, 11) is 0. The zero-order valence-electron chi connectivity index (χ0n) is 19.1. The van der Waals surface area contributed by atoms with Gasteiger partial charge in [-0.3, -0.25) is 9.59 Å². The second kappa shape index (κ2) is 9.77. The largest absolute Gasteiger partial charge is 0.359 e. The topological polar surface area (TPSA) is 70.6 Å². The standard InChI is InChI=1S/C28H27N3O2S/c1-18-15-27(33)30-31-28(18)20-10-12-22(13-11-20)29-24-7-3-8-25(32)23(24)17-19-5-2-6-21(16-19)26-9-4-14-34-26/h2,4-6,9-14,16,18,29H,3,7-8,15,17H2,1H3,(H,30,33). The van der Waals surface area contributed by atoms with Crippen LogP contribution in [0.3, 0.4) is 0 Å². The van der Waals surface area contributed by atoms with Gasteiger partial charge in [-0.05, 0) is 53.1 Å². The van der Waals surface area contributed by atoms with E-state index in [1.54, 1.807) is 11.3 Å². The van der Waals surface area contributed by atoms with E-state index in [1.807, 2.05) is 31.2 Å². The first kappa shape index (κ1) is 22.3. The van der Waals surface area contributed by atoms with E-state index in [2.05, 4.69) is 57.6 Å². The Labute approximate surface area is 203 Å². The molecule has 5 rings (SSSR count). The van der Waals surface area contributed by atoms with Gasteiger partial charge in [-0.1, -0.05) is 49.4 Å². The number of nitrogens with one attached hydrogen (secondary N) is 2. The van der Waals surface area contributed by atoms with E-state index in [0.29, 0.717) is 19.3 Å². The van der Waals surface area contributed by atoms with Crippen LogP contribution in [0.1, 0.15) is 43.7 Å². The molecular formula is C28H27N3O2S. The van der Waals surface area contributed by atoms with Crippen LogP contribution in [0.4, 0.5) is 5.69 Å². The van der Waals surface area contributed by atoms with Gasteiger partial charge in [0.05, 0.1) is 5.71 Å². The molecule has 34 heavy (non-hydrogen) atoms. The predicted molar refractivity (Wildman–Crippen MR) is 138 cm³/mol. The molecule has 2 aromatic carbocycles. The molecule has 2 heterocycles. The predicted octanol–water partition coefficient (Wildman–Crippen LogP) is 5.94. The number of amides is 1. The first-order valence-corrected chi connectivity index (χ1v) is 12.6. The van der Waals surface area contributed by atoms with Gasteiger partial charge in [-0.15, -0.1) is 11.3 Å². The van der Waals surface area contributed by atoms with Gasteiger partial charge in [-0.2, -0.15) is 5.10 Å².